The summed E-state index contributed by atoms with van der Waals surface area (Å²) in [5.74, 6) is 0. The van der Waals surface area contributed by atoms with E-state index >= 15 is 0 Å². The van der Waals surface area contributed by atoms with Gasteiger partial charge in [-0.2, -0.15) is 0 Å². The molecule has 3 rings (SSSR count). The summed E-state index contributed by atoms with van der Waals surface area (Å²) in [6.45, 7) is 1.77. The van der Waals surface area contributed by atoms with E-state index in [9.17, 15) is 8.42 Å². The van der Waals surface area contributed by atoms with Gasteiger partial charge in [-0.05, 0) is 43.5 Å². The Bertz CT molecular complexity index is 922. The van der Waals surface area contributed by atoms with Crippen LogP contribution in [0.25, 0.3) is 0 Å². The average molecular weight is 343 g/mol. The van der Waals surface area contributed by atoms with E-state index in [1.165, 1.54) is 6.26 Å². The zero-order chi connectivity index (χ0) is 17.0. The Morgan fingerprint density at radius 3 is 2.67 bits per heavy atom. The Morgan fingerprint density at radius 2 is 1.92 bits per heavy atom. The first-order valence-electron chi connectivity index (χ1n) is 7.48. The second kappa shape index (κ2) is 6.84. The molecule has 0 atom stereocenters. The van der Waals surface area contributed by atoms with Gasteiger partial charge in [0, 0.05) is 12.3 Å². The van der Waals surface area contributed by atoms with Crippen molar-refractivity contribution in [3.05, 3.63) is 71.9 Å². The molecule has 0 aliphatic heterocycles. The summed E-state index contributed by atoms with van der Waals surface area (Å²) in [5, 5.41) is 3.85. The number of aryl methyl sites for hydroxylation is 3. The molecule has 6 nitrogen and oxygen atoms in total. The summed E-state index contributed by atoms with van der Waals surface area (Å²) in [5.41, 5.74) is 2.63. The Morgan fingerprint density at radius 1 is 1.08 bits per heavy atom. The first-order valence-corrected chi connectivity index (χ1v) is 8.96. The summed E-state index contributed by atoms with van der Waals surface area (Å²) in [4.78, 5) is 4.55. The second-order valence-electron chi connectivity index (χ2n) is 5.36. The van der Waals surface area contributed by atoms with Gasteiger partial charge in [0.1, 0.15) is 6.26 Å². The van der Waals surface area contributed by atoms with Gasteiger partial charge in [-0.1, -0.05) is 23.4 Å². The van der Waals surface area contributed by atoms with Crippen LogP contribution in [0.1, 0.15) is 17.0 Å². The molecule has 3 aromatic rings. The zero-order valence-corrected chi connectivity index (χ0v) is 14.0. The van der Waals surface area contributed by atoms with Crippen LogP contribution in [0.5, 0.6) is 0 Å². The molecule has 0 saturated carbocycles. The quantitative estimate of drug-likeness (QED) is 0.744. The molecule has 0 saturated heterocycles. The van der Waals surface area contributed by atoms with Crippen LogP contribution in [0, 0.1) is 6.92 Å². The molecule has 1 aromatic carbocycles. The fourth-order valence-electron chi connectivity index (χ4n) is 2.40. The molecule has 7 heteroatoms. The lowest BCUT2D eigenvalue weighted by atomic mass is 10.1. The molecule has 0 radical (unpaired) electrons. The maximum absolute atomic E-state index is 12.6. The summed E-state index contributed by atoms with van der Waals surface area (Å²) in [7, 11) is -3.66. The molecule has 2 aromatic heterocycles. The third-order valence-electron chi connectivity index (χ3n) is 3.63. The van der Waals surface area contributed by atoms with Crippen LogP contribution in [0.3, 0.4) is 0 Å². The van der Waals surface area contributed by atoms with Crippen LogP contribution < -0.4 is 4.72 Å². The van der Waals surface area contributed by atoms with Gasteiger partial charge in [-0.25, -0.2) is 8.42 Å². The molecular formula is C17H17N3O3S. The number of pyridine rings is 1. The third kappa shape index (κ3) is 3.62. The lowest BCUT2D eigenvalue weighted by Crippen LogP contribution is -2.16. The highest BCUT2D eigenvalue weighted by atomic mass is 32.2. The molecule has 0 amide bonds. The highest BCUT2D eigenvalue weighted by Crippen LogP contribution is 2.21. The number of hydrogen-bond acceptors (Lipinski definition) is 5. The van der Waals surface area contributed by atoms with Crippen molar-refractivity contribution in [2.45, 2.75) is 24.7 Å². The fourth-order valence-corrected chi connectivity index (χ4v) is 3.74. The minimum Gasteiger partial charge on any atom is -0.365 e. The van der Waals surface area contributed by atoms with E-state index in [0.717, 1.165) is 5.69 Å². The minimum atomic E-state index is -3.66. The van der Waals surface area contributed by atoms with Crippen molar-refractivity contribution in [2.75, 3.05) is 4.72 Å². The number of anilines is 1. The van der Waals surface area contributed by atoms with Gasteiger partial charge in [0.15, 0.2) is 0 Å². The van der Waals surface area contributed by atoms with Gasteiger partial charge in [0.25, 0.3) is 10.0 Å². The van der Waals surface area contributed by atoms with E-state index in [4.69, 9.17) is 4.52 Å². The van der Waals surface area contributed by atoms with Crippen LogP contribution in [0.15, 0.2) is 64.3 Å². The van der Waals surface area contributed by atoms with Crippen LogP contribution >= 0.6 is 0 Å². The first-order chi connectivity index (χ1) is 11.6. The third-order valence-corrected chi connectivity index (χ3v) is 5.15. The normalized spacial score (nSPS) is 11.4. The van der Waals surface area contributed by atoms with Crippen molar-refractivity contribution >= 4 is 15.7 Å². The summed E-state index contributed by atoms with van der Waals surface area (Å²) in [6.07, 6.45) is 4.32. The van der Waals surface area contributed by atoms with Gasteiger partial charge >= 0.3 is 0 Å². The second-order valence-corrected chi connectivity index (χ2v) is 7.01. The maximum Gasteiger partial charge on any atom is 0.262 e. The van der Waals surface area contributed by atoms with E-state index in [1.54, 1.807) is 49.5 Å². The van der Waals surface area contributed by atoms with Crippen molar-refractivity contribution in [1.29, 1.82) is 0 Å². The molecule has 0 spiro atoms. The summed E-state index contributed by atoms with van der Waals surface area (Å²) < 4.78 is 32.7. The van der Waals surface area contributed by atoms with Crippen LogP contribution in [0.2, 0.25) is 0 Å². The number of sulfonamides is 1. The van der Waals surface area contributed by atoms with E-state index in [-0.39, 0.29) is 4.90 Å². The van der Waals surface area contributed by atoms with Crippen molar-refractivity contribution in [3.63, 3.8) is 0 Å². The van der Waals surface area contributed by atoms with E-state index in [1.807, 2.05) is 6.07 Å². The van der Waals surface area contributed by atoms with E-state index in [2.05, 4.69) is 14.9 Å². The minimum absolute atomic E-state index is 0.260. The average Bonchev–Trinajstić information content (AvgIpc) is 3.07. The van der Waals surface area contributed by atoms with Gasteiger partial charge in [-0.3, -0.25) is 9.71 Å². The van der Waals surface area contributed by atoms with Crippen molar-refractivity contribution in [1.82, 2.24) is 10.1 Å². The van der Waals surface area contributed by atoms with Crippen LogP contribution in [-0.4, -0.2) is 18.6 Å². The number of nitrogens with one attached hydrogen (secondary N) is 1. The number of hydrogen-bond donors (Lipinski definition) is 1. The lowest BCUT2D eigenvalue weighted by molar-refractivity contribution is 0.411. The zero-order valence-electron chi connectivity index (χ0n) is 13.1. The molecule has 0 aliphatic rings. The molecule has 0 aliphatic carbocycles. The van der Waals surface area contributed by atoms with Crippen molar-refractivity contribution < 1.29 is 12.9 Å². The number of aromatic nitrogens is 2. The Kier molecular flexibility index (Phi) is 4.61. The molecular weight excluding hydrogens is 326 g/mol. The molecule has 0 fully saturated rings. The standard InChI is InChI=1S/C17H17N3O3S/c1-13-5-2-3-7-17(13)24(21,22)20-16-6-4-11-18-15(16)9-8-14-10-12-23-19-14/h2-7,10-12,20H,8-9H2,1H3. The first kappa shape index (κ1) is 16.2. The number of nitrogens with zero attached hydrogens (tertiary/aromatic N) is 2. The smallest absolute Gasteiger partial charge is 0.262 e. The molecule has 24 heavy (non-hydrogen) atoms. The molecule has 2 heterocycles. The molecule has 1 N–H and O–H groups in total. The largest absolute Gasteiger partial charge is 0.365 e. The predicted octanol–water partition coefficient (Wildman–Crippen LogP) is 2.96. The van der Waals surface area contributed by atoms with E-state index < -0.39 is 10.0 Å². The highest BCUT2D eigenvalue weighted by molar-refractivity contribution is 7.92. The Hall–Kier alpha value is -2.67. The van der Waals surface area contributed by atoms with Gasteiger partial charge < -0.3 is 4.52 Å². The number of rotatable bonds is 6. The van der Waals surface area contributed by atoms with Gasteiger partial charge in [0.2, 0.25) is 0 Å². The maximum atomic E-state index is 12.6. The monoisotopic (exact) mass is 343 g/mol. The summed E-state index contributed by atoms with van der Waals surface area (Å²) >= 11 is 0. The lowest BCUT2D eigenvalue weighted by Gasteiger charge is -2.13. The Balaban J connectivity index is 1.83. The summed E-state index contributed by atoms with van der Waals surface area (Å²) in [6, 6.07) is 12.1. The fraction of sp³-hybridized carbons (Fsp3) is 0.176. The molecule has 124 valence electrons. The van der Waals surface area contributed by atoms with Crippen molar-refractivity contribution in [3.8, 4) is 0 Å². The SMILES string of the molecule is Cc1ccccc1S(=O)(=O)Nc1cccnc1CCc1ccon1. The Labute approximate surface area is 140 Å². The van der Waals surface area contributed by atoms with Crippen LogP contribution in [-0.2, 0) is 22.9 Å². The van der Waals surface area contributed by atoms with E-state index in [0.29, 0.717) is 29.8 Å². The van der Waals surface area contributed by atoms with Gasteiger partial charge in [-0.15, -0.1) is 0 Å². The number of benzene rings is 1. The van der Waals surface area contributed by atoms with Gasteiger partial charge in [0.05, 0.1) is 22.0 Å². The molecule has 0 unspecified atom stereocenters. The van der Waals surface area contributed by atoms with Crippen LogP contribution in [0.4, 0.5) is 5.69 Å². The predicted molar refractivity (Wildman–Crippen MR) is 90.1 cm³/mol. The molecule has 0 bridgehead atoms. The highest BCUT2D eigenvalue weighted by Gasteiger charge is 2.18. The van der Waals surface area contributed by atoms with Crippen molar-refractivity contribution in [2.24, 2.45) is 0 Å². The topological polar surface area (TPSA) is 85.1 Å².